The minimum Gasteiger partial charge on any atom is -0.469 e. The molecule has 3 aliphatic heterocycles. The highest BCUT2D eigenvalue weighted by atomic mass is 35.5. The largest absolute Gasteiger partial charge is 0.469 e. The van der Waals surface area contributed by atoms with Crippen molar-refractivity contribution in [2.45, 2.75) is 17.3 Å². The number of hydrogen-bond acceptors (Lipinski definition) is 8. The Bertz CT molecular complexity index is 1600. The fourth-order valence-electron chi connectivity index (χ4n) is 6.27. The number of hydrogen-bond donors (Lipinski definition) is 1. The van der Waals surface area contributed by atoms with E-state index in [-0.39, 0.29) is 18.4 Å². The molecule has 204 valence electrons. The average Bonchev–Trinajstić information content (AvgIpc) is 3.42. The van der Waals surface area contributed by atoms with Gasteiger partial charge in [-0.3, -0.25) is 14.4 Å². The highest BCUT2D eigenvalue weighted by Crippen LogP contribution is 2.66. The van der Waals surface area contributed by atoms with Crippen molar-refractivity contribution in [3.05, 3.63) is 87.4 Å². The molecule has 1 aliphatic carbocycles. The van der Waals surface area contributed by atoms with Crippen molar-refractivity contribution in [1.82, 2.24) is 0 Å². The van der Waals surface area contributed by atoms with Crippen molar-refractivity contribution in [2.24, 2.45) is 11.8 Å². The number of fused-ring (bicyclic) bond motifs is 4. The molecule has 2 fully saturated rings. The van der Waals surface area contributed by atoms with E-state index in [2.05, 4.69) is 5.32 Å². The van der Waals surface area contributed by atoms with Crippen LogP contribution in [0.3, 0.4) is 0 Å². The van der Waals surface area contributed by atoms with E-state index in [1.165, 1.54) is 7.11 Å². The Morgan fingerprint density at radius 1 is 1.00 bits per heavy atom. The number of ketones is 1. The first-order valence-electron chi connectivity index (χ1n) is 12.5. The van der Waals surface area contributed by atoms with Gasteiger partial charge in [0, 0.05) is 22.9 Å². The van der Waals surface area contributed by atoms with Gasteiger partial charge in [-0.1, -0.05) is 53.5 Å². The summed E-state index contributed by atoms with van der Waals surface area (Å²) < 4.78 is 28.7. The number of ether oxygens (including phenoxy) is 5. The molecular formula is C29H21Cl2NO8. The monoisotopic (exact) mass is 581 g/mol. The summed E-state index contributed by atoms with van der Waals surface area (Å²) in [6.45, 7) is 0.203. The van der Waals surface area contributed by atoms with Crippen LogP contribution in [0.2, 0.25) is 10.0 Å². The van der Waals surface area contributed by atoms with Crippen LogP contribution in [0.25, 0.3) is 0 Å². The summed E-state index contributed by atoms with van der Waals surface area (Å²) in [5.74, 6) is -3.34. The van der Waals surface area contributed by atoms with Gasteiger partial charge in [0.1, 0.15) is 5.92 Å². The van der Waals surface area contributed by atoms with E-state index in [4.69, 9.17) is 46.9 Å². The van der Waals surface area contributed by atoms with Crippen molar-refractivity contribution in [3.8, 4) is 11.5 Å². The Balaban J connectivity index is 1.38. The maximum atomic E-state index is 14.2. The van der Waals surface area contributed by atoms with Crippen LogP contribution in [-0.4, -0.2) is 43.8 Å². The molecule has 11 heteroatoms. The van der Waals surface area contributed by atoms with Gasteiger partial charge < -0.3 is 29.0 Å². The molecule has 0 bridgehead atoms. The minimum absolute atomic E-state index is 0.0697. The molecule has 0 aromatic heterocycles. The van der Waals surface area contributed by atoms with Crippen LogP contribution in [0.5, 0.6) is 11.5 Å². The summed E-state index contributed by atoms with van der Waals surface area (Å²) >= 11 is 12.5. The molecule has 0 saturated carbocycles. The Labute approximate surface area is 238 Å². The molecule has 40 heavy (non-hydrogen) atoms. The lowest BCUT2D eigenvalue weighted by Gasteiger charge is -2.32. The lowest BCUT2D eigenvalue weighted by Crippen LogP contribution is -2.55. The number of anilines is 1. The van der Waals surface area contributed by atoms with Crippen LogP contribution >= 0.6 is 23.2 Å². The van der Waals surface area contributed by atoms with Crippen molar-refractivity contribution < 1.29 is 38.1 Å². The lowest BCUT2D eigenvalue weighted by molar-refractivity contribution is -0.155. The van der Waals surface area contributed by atoms with Gasteiger partial charge in [0.25, 0.3) is 0 Å². The van der Waals surface area contributed by atoms with Crippen LogP contribution in [0.1, 0.15) is 27.6 Å². The summed E-state index contributed by atoms with van der Waals surface area (Å²) in [5.41, 5.74) is -1.24. The number of benzene rings is 3. The normalized spacial score (nSPS) is 29.1. The van der Waals surface area contributed by atoms with Crippen LogP contribution in [0.15, 0.2) is 60.7 Å². The maximum Gasteiger partial charge on any atom is 0.313 e. The molecule has 5 atom stereocenters. The zero-order valence-electron chi connectivity index (χ0n) is 20.9. The summed E-state index contributed by atoms with van der Waals surface area (Å²) in [7, 11) is 1.21. The molecule has 1 N–H and O–H groups in total. The highest BCUT2D eigenvalue weighted by Gasteiger charge is 2.81. The Morgan fingerprint density at radius 2 is 1.77 bits per heavy atom. The van der Waals surface area contributed by atoms with Gasteiger partial charge in [0.2, 0.25) is 12.7 Å². The number of halogens is 2. The number of amides is 1. The van der Waals surface area contributed by atoms with Crippen molar-refractivity contribution in [2.75, 3.05) is 25.8 Å². The highest BCUT2D eigenvalue weighted by molar-refractivity contribution is 6.42. The summed E-state index contributed by atoms with van der Waals surface area (Å²) in [4.78, 5) is 42.0. The van der Waals surface area contributed by atoms with E-state index in [1.807, 2.05) is 0 Å². The molecule has 3 aromatic rings. The van der Waals surface area contributed by atoms with Crippen LogP contribution in [0, 0.1) is 11.8 Å². The molecule has 1 amide bonds. The summed E-state index contributed by atoms with van der Waals surface area (Å²) in [5, 5.41) is 3.39. The first kappa shape index (κ1) is 25.3. The Hall–Kier alpha value is -3.63. The molecular weight excluding hydrogens is 561 g/mol. The minimum atomic E-state index is -1.85. The smallest absolute Gasteiger partial charge is 0.313 e. The van der Waals surface area contributed by atoms with Crippen molar-refractivity contribution in [3.63, 3.8) is 0 Å². The number of Topliss-reactive ketones (excluding diaryl/α,β-unsaturated/α-hetero) is 1. The Kier molecular flexibility index (Phi) is 5.66. The number of carbonyl (C=O) groups excluding carboxylic acids is 3. The fourth-order valence-corrected chi connectivity index (χ4v) is 6.57. The standard InChI is InChI=1S/C29H21Cl2NO8/c1-36-27(35)23-22(26(34)32-15-7-9-20-21(11-15)38-13-37-20)24(14-6-8-18(30)19(31)10-14)40-29(23)25(33)16-4-2-3-5-17(16)28(29)12-39-28/h2-11,22-24H,12-13H2,1H3,(H,32,34)/t22?,23?,24?,28?,29-/m0/s1. The third kappa shape index (κ3) is 3.38. The fraction of sp³-hybridized carbons (Fsp3) is 0.276. The second-order valence-corrected chi connectivity index (χ2v) is 10.8. The summed E-state index contributed by atoms with van der Waals surface area (Å²) in [6, 6.07) is 16.7. The van der Waals surface area contributed by atoms with Gasteiger partial charge in [0.15, 0.2) is 28.5 Å². The predicted octanol–water partition coefficient (Wildman–Crippen LogP) is 4.70. The van der Waals surface area contributed by atoms with Gasteiger partial charge in [0.05, 0.1) is 35.8 Å². The predicted molar refractivity (Wildman–Crippen MR) is 142 cm³/mol. The van der Waals surface area contributed by atoms with E-state index >= 15 is 0 Å². The van der Waals surface area contributed by atoms with E-state index in [9.17, 15) is 14.4 Å². The van der Waals surface area contributed by atoms with Gasteiger partial charge >= 0.3 is 5.97 Å². The number of esters is 1. The number of rotatable bonds is 4. The van der Waals surface area contributed by atoms with E-state index in [1.54, 1.807) is 60.7 Å². The number of nitrogens with one attached hydrogen (secondary N) is 1. The second-order valence-electron chi connectivity index (χ2n) is 10.0. The van der Waals surface area contributed by atoms with E-state index in [0.717, 1.165) is 0 Å². The van der Waals surface area contributed by atoms with Crippen molar-refractivity contribution >= 4 is 46.5 Å². The molecule has 3 aromatic carbocycles. The van der Waals surface area contributed by atoms with Gasteiger partial charge in [-0.25, -0.2) is 0 Å². The van der Waals surface area contributed by atoms with Gasteiger partial charge in [-0.15, -0.1) is 0 Å². The zero-order valence-corrected chi connectivity index (χ0v) is 22.5. The molecule has 2 spiro atoms. The maximum absolute atomic E-state index is 14.2. The third-order valence-corrected chi connectivity index (χ3v) is 8.82. The number of methoxy groups -OCH3 is 1. The molecule has 3 heterocycles. The number of carbonyl (C=O) groups is 3. The summed E-state index contributed by atoms with van der Waals surface area (Å²) in [6.07, 6.45) is -1.08. The SMILES string of the molecule is COC(=O)C1C(C(=O)Nc2ccc3c(c2)OCO3)C(c2ccc(Cl)c(Cl)c2)O[C@]12C(=O)c1ccccc1C21CO1. The van der Waals surface area contributed by atoms with Gasteiger partial charge in [-0.05, 0) is 29.8 Å². The zero-order chi connectivity index (χ0) is 27.8. The lowest BCUT2D eigenvalue weighted by atomic mass is 9.71. The average molecular weight is 582 g/mol. The molecule has 2 saturated heterocycles. The van der Waals surface area contributed by atoms with Crippen LogP contribution in [0.4, 0.5) is 5.69 Å². The first-order valence-corrected chi connectivity index (χ1v) is 13.3. The second kappa shape index (κ2) is 8.94. The van der Waals surface area contributed by atoms with Crippen LogP contribution < -0.4 is 14.8 Å². The first-order chi connectivity index (χ1) is 19.3. The Morgan fingerprint density at radius 3 is 2.52 bits per heavy atom. The third-order valence-electron chi connectivity index (χ3n) is 8.08. The van der Waals surface area contributed by atoms with E-state index in [0.29, 0.717) is 38.9 Å². The molecule has 7 rings (SSSR count). The molecule has 4 aliphatic rings. The van der Waals surface area contributed by atoms with Crippen LogP contribution in [-0.2, 0) is 29.4 Å². The van der Waals surface area contributed by atoms with Crippen molar-refractivity contribution in [1.29, 1.82) is 0 Å². The molecule has 9 nitrogen and oxygen atoms in total. The quantitative estimate of drug-likeness (QED) is 0.348. The number of epoxide rings is 1. The topological polar surface area (TPSA) is 113 Å². The van der Waals surface area contributed by atoms with Gasteiger partial charge in [-0.2, -0.15) is 0 Å². The molecule has 4 unspecified atom stereocenters. The molecule has 0 radical (unpaired) electrons. The van der Waals surface area contributed by atoms with E-state index < -0.39 is 46.8 Å².